The van der Waals surface area contributed by atoms with Gasteiger partial charge in [-0.15, -0.1) is 0 Å². The van der Waals surface area contributed by atoms with Gasteiger partial charge in [-0.25, -0.2) is 0 Å². The lowest BCUT2D eigenvalue weighted by molar-refractivity contribution is 0.00926. The van der Waals surface area contributed by atoms with Crippen LogP contribution in [0.4, 0.5) is 5.69 Å². The van der Waals surface area contributed by atoms with Gasteiger partial charge in [0.2, 0.25) is 0 Å². The molecule has 2 nitrogen and oxygen atoms in total. The molecule has 2 unspecified atom stereocenters. The molecule has 1 saturated heterocycles. The molecule has 3 aliphatic carbocycles. The number of hydrogen-bond acceptors (Lipinski definition) is 2. The molecule has 2 heteroatoms. The van der Waals surface area contributed by atoms with Crippen LogP contribution in [0.1, 0.15) is 109 Å². The Bertz CT molecular complexity index is 838. The molecule has 5 aliphatic rings. The second-order valence-electron chi connectivity index (χ2n) is 12.6. The third-order valence-electron chi connectivity index (χ3n) is 10.9. The highest BCUT2D eigenvalue weighted by molar-refractivity contribution is 5.57. The largest absolute Gasteiger partial charge is 0.352 e. The lowest BCUT2D eigenvalue weighted by Gasteiger charge is -2.51. The quantitative estimate of drug-likeness (QED) is 0.444. The molecule has 3 atom stereocenters. The number of nitrogens with zero attached hydrogens (tertiary/aromatic N) is 2. The minimum atomic E-state index is 0.393. The highest BCUT2D eigenvalue weighted by Crippen LogP contribution is 2.60. The molecule has 34 heavy (non-hydrogen) atoms. The molecule has 2 aliphatic heterocycles. The van der Waals surface area contributed by atoms with E-state index in [1.807, 2.05) is 0 Å². The zero-order valence-electron chi connectivity index (χ0n) is 21.9. The minimum Gasteiger partial charge on any atom is -0.352 e. The Hall–Kier alpha value is -1.44. The van der Waals surface area contributed by atoms with E-state index in [-0.39, 0.29) is 0 Å². The summed E-state index contributed by atoms with van der Waals surface area (Å²) in [6.07, 6.45) is 27.8. The van der Waals surface area contributed by atoms with Crippen molar-refractivity contribution in [2.45, 2.75) is 128 Å². The van der Waals surface area contributed by atoms with E-state index in [2.05, 4.69) is 60.2 Å². The van der Waals surface area contributed by atoms with Crippen LogP contribution in [0, 0.1) is 30.1 Å². The van der Waals surface area contributed by atoms with Crippen LogP contribution in [-0.2, 0) is 0 Å². The molecular weight excluding hydrogens is 412 g/mol. The molecule has 0 amide bonds. The molecule has 6 rings (SSSR count). The summed E-state index contributed by atoms with van der Waals surface area (Å²) < 4.78 is 0. The Labute approximate surface area is 209 Å². The van der Waals surface area contributed by atoms with Gasteiger partial charge in [0.1, 0.15) is 6.17 Å². The van der Waals surface area contributed by atoms with Gasteiger partial charge in [0.15, 0.2) is 0 Å². The van der Waals surface area contributed by atoms with Crippen LogP contribution in [0.3, 0.4) is 0 Å². The molecule has 0 bridgehead atoms. The number of hydrogen-bond donors (Lipinski definition) is 0. The average Bonchev–Trinajstić information content (AvgIpc) is 3.43. The highest BCUT2D eigenvalue weighted by atomic mass is 15.5. The topological polar surface area (TPSA) is 6.48 Å². The monoisotopic (exact) mass is 460 g/mol. The van der Waals surface area contributed by atoms with Crippen LogP contribution in [0.25, 0.3) is 0 Å². The predicted octanol–water partition coefficient (Wildman–Crippen LogP) is 8.45. The van der Waals surface area contributed by atoms with Crippen molar-refractivity contribution < 1.29 is 0 Å². The van der Waals surface area contributed by atoms with Crippen LogP contribution in [0.15, 0.2) is 36.5 Å². The fraction of sp³-hybridized carbons (Fsp3) is 0.750. The van der Waals surface area contributed by atoms with Crippen molar-refractivity contribution >= 4 is 5.69 Å². The van der Waals surface area contributed by atoms with Gasteiger partial charge in [0, 0.05) is 17.1 Å². The molecule has 0 N–H and O–H groups in total. The molecule has 1 aromatic rings. The van der Waals surface area contributed by atoms with Crippen molar-refractivity contribution in [1.29, 1.82) is 0 Å². The van der Waals surface area contributed by atoms with E-state index in [0.29, 0.717) is 23.7 Å². The van der Waals surface area contributed by atoms with Gasteiger partial charge in [-0.3, -0.25) is 0 Å². The average molecular weight is 461 g/mol. The number of benzene rings is 1. The van der Waals surface area contributed by atoms with Crippen molar-refractivity contribution in [2.24, 2.45) is 23.2 Å². The van der Waals surface area contributed by atoms with E-state index in [0.717, 1.165) is 17.8 Å². The fourth-order valence-corrected chi connectivity index (χ4v) is 9.53. The summed E-state index contributed by atoms with van der Waals surface area (Å²) in [5, 5.41) is 0. The third kappa shape index (κ3) is 3.65. The molecular formula is C32H48N2. The van der Waals surface area contributed by atoms with E-state index in [1.165, 1.54) is 108 Å². The maximum absolute atomic E-state index is 2.95. The Morgan fingerprint density at radius 1 is 0.735 bits per heavy atom. The van der Waals surface area contributed by atoms with Gasteiger partial charge in [-0.1, -0.05) is 82.1 Å². The summed E-state index contributed by atoms with van der Waals surface area (Å²) in [5.74, 6) is 2.59. The summed E-state index contributed by atoms with van der Waals surface area (Å²) in [4.78, 5) is 5.89. The first-order chi connectivity index (χ1) is 16.7. The lowest BCUT2D eigenvalue weighted by atomic mass is 9.55. The van der Waals surface area contributed by atoms with Gasteiger partial charge < -0.3 is 9.80 Å². The zero-order valence-corrected chi connectivity index (χ0v) is 21.9. The van der Waals surface area contributed by atoms with Gasteiger partial charge in [-0.2, -0.15) is 0 Å². The molecule has 3 saturated carbocycles. The normalized spacial score (nSPS) is 32.9. The standard InChI is InChI=1S/C32H48N2/c1-24-14-12-13-21-29(24)34-25(2)30-32(27-17-8-4-9-18-27,28-19-10-5-11-20-28)22-23-33(30)31(34)26-15-6-3-7-16-26/h12-14,21-23,25-28,30-31H,3-11,15-20H2,1-2H3/t25-,30?,31?/m0/s1. The first-order valence-corrected chi connectivity index (χ1v) is 15.0. The van der Waals surface area contributed by atoms with E-state index in [9.17, 15) is 0 Å². The summed E-state index contributed by atoms with van der Waals surface area (Å²) >= 11 is 0. The summed E-state index contributed by atoms with van der Waals surface area (Å²) in [6, 6.07) is 10.5. The van der Waals surface area contributed by atoms with E-state index in [1.54, 1.807) is 0 Å². The molecule has 186 valence electrons. The van der Waals surface area contributed by atoms with Crippen molar-refractivity contribution in [1.82, 2.24) is 4.90 Å². The zero-order chi connectivity index (χ0) is 23.1. The van der Waals surface area contributed by atoms with Crippen LogP contribution in [0.5, 0.6) is 0 Å². The molecule has 0 radical (unpaired) electrons. The van der Waals surface area contributed by atoms with E-state index in [4.69, 9.17) is 0 Å². The molecule has 4 fully saturated rings. The van der Waals surface area contributed by atoms with Gasteiger partial charge in [0.25, 0.3) is 0 Å². The molecule has 0 aromatic heterocycles. The number of anilines is 1. The number of para-hydroxylation sites is 1. The maximum atomic E-state index is 2.95. The van der Waals surface area contributed by atoms with Gasteiger partial charge in [0.05, 0.1) is 6.04 Å². The number of aryl methyl sites for hydroxylation is 1. The second kappa shape index (κ2) is 9.55. The number of rotatable bonds is 4. The van der Waals surface area contributed by atoms with Crippen LogP contribution in [0.2, 0.25) is 0 Å². The van der Waals surface area contributed by atoms with Crippen LogP contribution in [-0.4, -0.2) is 23.1 Å². The molecule has 0 spiro atoms. The molecule has 1 aromatic carbocycles. The maximum Gasteiger partial charge on any atom is 0.105 e. The Morgan fingerprint density at radius 2 is 1.29 bits per heavy atom. The second-order valence-corrected chi connectivity index (χ2v) is 12.6. The lowest BCUT2D eigenvalue weighted by Crippen LogP contribution is -2.53. The highest BCUT2D eigenvalue weighted by Gasteiger charge is 2.61. The van der Waals surface area contributed by atoms with Crippen molar-refractivity contribution in [3.8, 4) is 0 Å². The predicted molar refractivity (Wildman–Crippen MR) is 144 cm³/mol. The summed E-state index contributed by atoms with van der Waals surface area (Å²) in [7, 11) is 0. The SMILES string of the molecule is Cc1ccccc1N1C(C2CCCCC2)N2C=CC(C3CCCCC3)(C3CCCCC3)C2[C@@H]1C. The third-order valence-corrected chi connectivity index (χ3v) is 10.9. The van der Waals surface area contributed by atoms with Gasteiger partial charge >= 0.3 is 0 Å². The summed E-state index contributed by atoms with van der Waals surface area (Å²) in [5.41, 5.74) is 3.36. The molecule has 2 heterocycles. The number of fused-ring (bicyclic) bond motifs is 1. The first kappa shape index (κ1) is 23.0. The minimum absolute atomic E-state index is 0.393. The Morgan fingerprint density at radius 3 is 1.88 bits per heavy atom. The van der Waals surface area contributed by atoms with Crippen molar-refractivity contribution in [3.05, 3.63) is 42.1 Å². The first-order valence-electron chi connectivity index (χ1n) is 15.0. The summed E-state index contributed by atoms with van der Waals surface area (Å²) in [6.45, 7) is 4.95. The van der Waals surface area contributed by atoms with E-state index >= 15 is 0 Å². The van der Waals surface area contributed by atoms with E-state index < -0.39 is 0 Å². The van der Waals surface area contributed by atoms with Crippen LogP contribution >= 0.6 is 0 Å². The Balaban J connectivity index is 1.44. The van der Waals surface area contributed by atoms with Crippen molar-refractivity contribution in [3.63, 3.8) is 0 Å². The fourth-order valence-electron chi connectivity index (χ4n) is 9.53. The smallest absolute Gasteiger partial charge is 0.105 e. The van der Waals surface area contributed by atoms with Gasteiger partial charge in [-0.05, 0) is 88.0 Å². The van der Waals surface area contributed by atoms with Crippen LogP contribution < -0.4 is 4.90 Å². The Kier molecular flexibility index (Phi) is 6.46. The van der Waals surface area contributed by atoms with Crippen molar-refractivity contribution in [2.75, 3.05) is 4.90 Å².